The van der Waals surface area contributed by atoms with Crippen LogP contribution >= 0.6 is 11.6 Å². The second-order valence-electron chi connectivity index (χ2n) is 6.14. The summed E-state index contributed by atoms with van der Waals surface area (Å²) in [6, 6.07) is 5.70. The van der Waals surface area contributed by atoms with Crippen molar-refractivity contribution in [3.63, 3.8) is 0 Å². The van der Waals surface area contributed by atoms with E-state index < -0.39 is 11.9 Å². The van der Waals surface area contributed by atoms with E-state index in [0.717, 1.165) is 0 Å². The number of ether oxygens (including phenoxy) is 1. The number of nitrogens with zero attached hydrogens (tertiary/aromatic N) is 3. The summed E-state index contributed by atoms with van der Waals surface area (Å²) in [6.07, 6.45) is -2.92. The third-order valence-electron chi connectivity index (χ3n) is 4.21. The molecule has 0 aliphatic carbocycles. The highest BCUT2D eigenvalue weighted by Crippen LogP contribution is 2.28. The van der Waals surface area contributed by atoms with Crippen LogP contribution in [-0.2, 0) is 11.3 Å². The second-order valence-corrected chi connectivity index (χ2v) is 6.52. The van der Waals surface area contributed by atoms with Crippen molar-refractivity contribution in [3.8, 4) is 5.75 Å². The highest BCUT2D eigenvalue weighted by atomic mass is 35.5. The third kappa shape index (κ3) is 4.75. The molecule has 1 aromatic heterocycles. The fraction of sp³-hybridized carbons (Fsp3) is 0.353. The van der Waals surface area contributed by atoms with Crippen molar-refractivity contribution in [1.82, 2.24) is 15.1 Å². The first kappa shape index (κ1) is 20.0. The number of hydrogen-bond acceptors (Lipinski definition) is 5. The van der Waals surface area contributed by atoms with Gasteiger partial charge in [0.05, 0.1) is 18.4 Å². The molecule has 1 saturated heterocycles. The third-order valence-corrected chi connectivity index (χ3v) is 4.58. The summed E-state index contributed by atoms with van der Waals surface area (Å²) in [5.74, 6) is -0.651. The number of aromatic nitrogens is 2. The number of amides is 1. The minimum Gasteiger partial charge on any atom is -0.405 e. The van der Waals surface area contributed by atoms with Crippen LogP contribution in [0.4, 0.5) is 18.9 Å². The van der Waals surface area contributed by atoms with Crippen LogP contribution in [0.25, 0.3) is 0 Å². The van der Waals surface area contributed by atoms with E-state index in [0.29, 0.717) is 25.2 Å². The maximum absolute atomic E-state index is 12.7. The van der Waals surface area contributed by atoms with E-state index in [1.807, 2.05) is 0 Å². The summed E-state index contributed by atoms with van der Waals surface area (Å²) in [6.45, 7) is 0.672. The van der Waals surface area contributed by atoms with Gasteiger partial charge in [-0.25, -0.2) is 5.10 Å². The number of benzene rings is 1. The van der Waals surface area contributed by atoms with Crippen LogP contribution in [0.15, 0.2) is 35.3 Å². The summed E-state index contributed by atoms with van der Waals surface area (Å²) in [5, 5.41) is 5.83. The molecule has 7 nitrogen and oxygen atoms in total. The maximum Gasteiger partial charge on any atom is 0.573 e. The highest BCUT2D eigenvalue weighted by molar-refractivity contribution is 6.33. The summed E-state index contributed by atoms with van der Waals surface area (Å²) in [4.78, 5) is 27.4. The molecule has 1 N–H and O–H groups in total. The van der Waals surface area contributed by atoms with Crippen LogP contribution in [0.2, 0.25) is 5.02 Å². The number of alkyl halides is 3. The van der Waals surface area contributed by atoms with Gasteiger partial charge in [-0.1, -0.05) is 29.8 Å². The molecule has 0 atom stereocenters. The number of carbonyl (C=O) groups excluding carboxylic acids is 1. The van der Waals surface area contributed by atoms with E-state index in [1.54, 1.807) is 11.0 Å². The molecule has 1 fully saturated rings. The van der Waals surface area contributed by atoms with Crippen LogP contribution < -0.4 is 15.2 Å². The van der Waals surface area contributed by atoms with Gasteiger partial charge >= 0.3 is 6.36 Å². The Hall–Kier alpha value is -2.75. The number of anilines is 1. The molecular formula is C17H16ClF3N4O3. The lowest BCUT2D eigenvalue weighted by Gasteiger charge is -2.24. The molecule has 1 aliphatic heterocycles. The molecule has 3 rings (SSSR count). The quantitative estimate of drug-likeness (QED) is 0.828. The first-order chi connectivity index (χ1) is 13.2. The fourth-order valence-corrected chi connectivity index (χ4v) is 3.16. The maximum atomic E-state index is 12.7. The van der Waals surface area contributed by atoms with E-state index >= 15 is 0 Å². The smallest absolute Gasteiger partial charge is 0.405 e. The van der Waals surface area contributed by atoms with Crippen LogP contribution in [0, 0.1) is 0 Å². The molecule has 28 heavy (non-hydrogen) atoms. The van der Waals surface area contributed by atoms with Gasteiger partial charge in [0.25, 0.3) is 5.56 Å². The molecule has 1 amide bonds. The summed E-state index contributed by atoms with van der Waals surface area (Å²) in [5.41, 5.74) is 0.0184. The molecule has 2 aromatic rings. The molecule has 150 valence electrons. The minimum atomic E-state index is -4.82. The van der Waals surface area contributed by atoms with E-state index in [-0.39, 0.29) is 35.3 Å². The summed E-state index contributed by atoms with van der Waals surface area (Å²) >= 11 is 6.00. The van der Waals surface area contributed by atoms with Gasteiger partial charge in [0, 0.05) is 25.2 Å². The molecule has 0 bridgehead atoms. The Morgan fingerprint density at radius 2 is 1.96 bits per heavy atom. The van der Waals surface area contributed by atoms with Crippen molar-refractivity contribution in [2.24, 2.45) is 0 Å². The van der Waals surface area contributed by atoms with Gasteiger partial charge in [-0.05, 0) is 12.5 Å². The van der Waals surface area contributed by atoms with Crippen molar-refractivity contribution in [2.45, 2.75) is 19.3 Å². The molecule has 2 heterocycles. The number of para-hydroxylation sites is 1. The average molecular weight is 417 g/mol. The Morgan fingerprint density at radius 1 is 1.21 bits per heavy atom. The van der Waals surface area contributed by atoms with Crippen molar-refractivity contribution in [3.05, 3.63) is 51.4 Å². The molecule has 0 radical (unpaired) electrons. The Labute approximate surface area is 162 Å². The van der Waals surface area contributed by atoms with Crippen LogP contribution in [0.1, 0.15) is 12.0 Å². The normalized spacial score (nSPS) is 15.5. The Morgan fingerprint density at radius 3 is 2.71 bits per heavy atom. The minimum absolute atomic E-state index is 0.0275. The molecule has 1 aliphatic rings. The number of aromatic amines is 1. The number of hydrogen-bond donors (Lipinski definition) is 1. The van der Waals surface area contributed by atoms with Crippen molar-refractivity contribution < 1.29 is 22.7 Å². The van der Waals surface area contributed by atoms with Gasteiger partial charge in [0.15, 0.2) is 0 Å². The highest BCUT2D eigenvalue weighted by Gasteiger charge is 2.32. The summed E-state index contributed by atoms with van der Waals surface area (Å²) < 4.78 is 41.8. The number of rotatable bonds is 4. The first-order valence-corrected chi connectivity index (χ1v) is 8.72. The Bertz CT molecular complexity index is 919. The standard InChI is InChI=1S/C17H16ClF3N4O3/c18-15-12(8-22-23-16(15)27)24-6-3-7-25(14(26)10-24)9-11-4-1-2-5-13(11)28-17(19,20)21/h1-2,4-5,8H,3,6-7,9-10H2,(H,23,27). The molecule has 0 unspecified atom stereocenters. The summed E-state index contributed by atoms with van der Waals surface area (Å²) in [7, 11) is 0. The van der Waals surface area contributed by atoms with Crippen LogP contribution in [0.5, 0.6) is 5.75 Å². The zero-order valence-corrected chi connectivity index (χ0v) is 15.3. The van der Waals surface area contributed by atoms with Gasteiger partial charge in [-0.3, -0.25) is 9.59 Å². The lowest BCUT2D eigenvalue weighted by molar-refractivity contribution is -0.275. The van der Waals surface area contributed by atoms with Gasteiger partial charge in [-0.2, -0.15) is 5.10 Å². The number of H-pyrrole nitrogens is 1. The van der Waals surface area contributed by atoms with Gasteiger partial charge in [0.1, 0.15) is 10.8 Å². The zero-order valence-electron chi connectivity index (χ0n) is 14.5. The topological polar surface area (TPSA) is 78.5 Å². The largest absolute Gasteiger partial charge is 0.573 e. The van der Waals surface area contributed by atoms with Gasteiger partial charge in [0.2, 0.25) is 5.91 Å². The number of carbonyl (C=O) groups is 1. The van der Waals surface area contributed by atoms with Gasteiger partial charge in [-0.15, -0.1) is 13.2 Å². The fourth-order valence-electron chi connectivity index (χ4n) is 2.95. The van der Waals surface area contributed by atoms with Crippen molar-refractivity contribution in [2.75, 3.05) is 24.5 Å². The Balaban J connectivity index is 1.77. The monoisotopic (exact) mass is 416 g/mol. The lowest BCUT2D eigenvalue weighted by atomic mass is 10.2. The van der Waals surface area contributed by atoms with E-state index in [1.165, 1.54) is 29.3 Å². The van der Waals surface area contributed by atoms with Crippen LogP contribution in [0.3, 0.4) is 0 Å². The van der Waals surface area contributed by atoms with Crippen LogP contribution in [-0.4, -0.2) is 47.0 Å². The van der Waals surface area contributed by atoms with Gasteiger partial charge < -0.3 is 14.5 Å². The second kappa shape index (κ2) is 8.09. The van der Waals surface area contributed by atoms with E-state index in [4.69, 9.17) is 11.6 Å². The molecule has 0 saturated carbocycles. The SMILES string of the molecule is O=C1CN(c2cn[nH]c(=O)c2Cl)CCCN1Cc1ccccc1OC(F)(F)F. The Kier molecular flexibility index (Phi) is 5.78. The molecular weight excluding hydrogens is 401 g/mol. The molecule has 1 aromatic carbocycles. The molecule has 11 heteroatoms. The number of nitrogens with one attached hydrogen (secondary N) is 1. The zero-order chi connectivity index (χ0) is 20.3. The predicted octanol–water partition coefficient (Wildman–Crippen LogP) is 2.56. The predicted molar refractivity (Wildman–Crippen MR) is 95.2 cm³/mol. The van der Waals surface area contributed by atoms with Crippen molar-refractivity contribution in [1.29, 1.82) is 0 Å². The molecule has 0 spiro atoms. The number of halogens is 4. The van der Waals surface area contributed by atoms with Crippen molar-refractivity contribution >= 4 is 23.2 Å². The van der Waals surface area contributed by atoms with E-state index in [2.05, 4.69) is 14.9 Å². The van der Waals surface area contributed by atoms with E-state index in [9.17, 15) is 22.8 Å². The lowest BCUT2D eigenvalue weighted by Crippen LogP contribution is -2.37. The average Bonchev–Trinajstić information content (AvgIpc) is 2.80. The first-order valence-electron chi connectivity index (χ1n) is 8.34.